The number of rotatable bonds is 6. The first-order valence-corrected chi connectivity index (χ1v) is 11.4. The first kappa shape index (κ1) is 22.7. The Balaban J connectivity index is 2.06. The maximum Gasteiger partial charge on any atom is 0.203 e. The molecule has 2 aliphatic heterocycles. The maximum atomic E-state index is 11.7. The van der Waals surface area contributed by atoms with E-state index in [4.69, 9.17) is 28.4 Å². The van der Waals surface area contributed by atoms with Crippen molar-refractivity contribution in [3.63, 3.8) is 0 Å². The van der Waals surface area contributed by atoms with Gasteiger partial charge in [-0.3, -0.25) is 4.90 Å². The van der Waals surface area contributed by atoms with Gasteiger partial charge in [-0.2, -0.15) is 0 Å². The van der Waals surface area contributed by atoms with Gasteiger partial charge >= 0.3 is 0 Å². The molecule has 3 aromatic carbocycles. The Morgan fingerprint density at radius 1 is 0.735 bits per heavy atom. The summed E-state index contributed by atoms with van der Waals surface area (Å²) in [5.74, 6) is 3.18. The van der Waals surface area contributed by atoms with E-state index in [2.05, 4.69) is 4.90 Å². The second-order valence-corrected chi connectivity index (χ2v) is 8.65. The van der Waals surface area contributed by atoms with Crippen molar-refractivity contribution in [1.82, 2.24) is 4.90 Å². The van der Waals surface area contributed by atoms with Crippen molar-refractivity contribution in [1.29, 1.82) is 0 Å². The lowest BCUT2D eigenvalue weighted by Gasteiger charge is -2.38. The van der Waals surface area contributed by atoms with Gasteiger partial charge in [0.2, 0.25) is 11.5 Å². The molecule has 5 rings (SSSR count). The molecule has 0 bridgehead atoms. The summed E-state index contributed by atoms with van der Waals surface area (Å²) < 4.78 is 34.6. The van der Waals surface area contributed by atoms with Crippen LogP contribution in [0.5, 0.6) is 34.5 Å². The molecule has 0 radical (unpaired) electrons. The molecule has 1 saturated heterocycles. The zero-order valence-electron chi connectivity index (χ0n) is 20.5. The zero-order chi connectivity index (χ0) is 24.1. The molecule has 3 aromatic rings. The molecule has 0 amide bonds. The third-order valence-electron chi connectivity index (χ3n) is 7.28. The highest BCUT2D eigenvalue weighted by Crippen LogP contribution is 2.56. The Bertz CT molecular complexity index is 1270. The average Bonchev–Trinajstić information content (AvgIpc) is 3.34. The summed E-state index contributed by atoms with van der Waals surface area (Å²) in [6.45, 7) is 1.65. The van der Waals surface area contributed by atoms with Crippen molar-refractivity contribution in [3.8, 4) is 34.5 Å². The zero-order valence-corrected chi connectivity index (χ0v) is 20.5. The lowest BCUT2D eigenvalue weighted by Crippen LogP contribution is -2.39. The fourth-order valence-electron chi connectivity index (χ4n) is 5.89. The van der Waals surface area contributed by atoms with E-state index in [0.717, 1.165) is 52.1 Å². The standard InChI is InChI=1S/C26H31NO7/c1-29-17-10-13-19-15(12-27-9-7-8-16(27)22(19)28)21-14(20(13)25(33-5)23(17)31-3)11-18(30-2)24(32-4)26(21)34-6/h10-11,16,22,28H,7-9,12H2,1-6H3. The molecule has 0 spiro atoms. The topological polar surface area (TPSA) is 78.9 Å². The van der Waals surface area contributed by atoms with Crippen LogP contribution in [0.1, 0.15) is 30.1 Å². The normalized spacial score (nSPS) is 19.6. The number of nitrogens with zero attached hydrogens (tertiary/aromatic N) is 1. The van der Waals surface area contributed by atoms with Gasteiger partial charge in [0.1, 0.15) is 0 Å². The molecule has 34 heavy (non-hydrogen) atoms. The SMILES string of the molecule is COc1cc2c(c3c(c4cc(OC)c(OC)c(OC)c42)C(O)C2CCCN2C3)c(OC)c1OC. The van der Waals surface area contributed by atoms with Crippen LogP contribution in [0.4, 0.5) is 0 Å². The van der Waals surface area contributed by atoms with Gasteiger partial charge < -0.3 is 33.5 Å². The summed E-state index contributed by atoms with van der Waals surface area (Å²) in [5, 5.41) is 15.1. The fraction of sp³-hybridized carbons (Fsp3) is 0.462. The van der Waals surface area contributed by atoms with Crippen LogP contribution in [0.15, 0.2) is 12.1 Å². The van der Waals surface area contributed by atoms with Crippen LogP contribution in [-0.2, 0) is 6.54 Å². The monoisotopic (exact) mass is 469 g/mol. The molecule has 2 unspecified atom stereocenters. The largest absolute Gasteiger partial charge is 0.493 e. The highest BCUT2D eigenvalue weighted by Gasteiger charge is 2.40. The molecule has 0 saturated carbocycles. The van der Waals surface area contributed by atoms with Crippen LogP contribution < -0.4 is 28.4 Å². The molecule has 2 heterocycles. The smallest absolute Gasteiger partial charge is 0.203 e. The predicted octanol–water partition coefficient (Wildman–Crippen LogP) is 4.06. The molecule has 182 valence electrons. The van der Waals surface area contributed by atoms with Gasteiger partial charge in [0.25, 0.3) is 0 Å². The molecule has 0 aromatic heterocycles. The van der Waals surface area contributed by atoms with Gasteiger partial charge in [-0.25, -0.2) is 0 Å². The van der Waals surface area contributed by atoms with E-state index in [0.29, 0.717) is 41.0 Å². The van der Waals surface area contributed by atoms with Crippen LogP contribution in [0, 0.1) is 0 Å². The second-order valence-electron chi connectivity index (χ2n) is 8.65. The number of fused-ring (bicyclic) bond motifs is 7. The van der Waals surface area contributed by atoms with Gasteiger partial charge in [-0.15, -0.1) is 0 Å². The summed E-state index contributed by atoms with van der Waals surface area (Å²) in [5.41, 5.74) is 1.88. The third-order valence-corrected chi connectivity index (χ3v) is 7.28. The van der Waals surface area contributed by atoms with E-state index in [1.807, 2.05) is 12.1 Å². The van der Waals surface area contributed by atoms with Gasteiger partial charge in [-0.1, -0.05) is 0 Å². The average molecular weight is 470 g/mol. The van der Waals surface area contributed by atoms with E-state index >= 15 is 0 Å². The summed E-state index contributed by atoms with van der Waals surface area (Å²) >= 11 is 0. The fourth-order valence-corrected chi connectivity index (χ4v) is 5.89. The minimum absolute atomic E-state index is 0.0679. The maximum absolute atomic E-state index is 11.7. The lowest BCUT2D eigenvalue weighted by molar-refractivity contribution is 0.0551. The molecular weight excluding hydrogens is 438 g/mol. The highest BCUT2D eigenvalue weighted by molar-refractivity contribution is 6.18. The number of hydrogen-bond acceptors (Lipinski definition) is 8. The van der Waals surface area contributed by atoms with Crippen molar-refractivity contribution in [3.05, 3.63) is 23.3 Å². The van der Waals surface area contributed by atoms with E-state index in [-0.39, 0.29) is 6.04 Å². The van der Waals surface area contributed by atoms with Crippen molar-refractivity contribution in [2.24, 2.45) is 0 Å². The van der Waals surface area contributed by atoms with E-state index in [1.54, 1.807) is 42.7 Å². The quantitative estimate of drug-likeness (QED) is 0.542. The molecule has 0 aliphatic carbocycles. The van der Waals surface area contributed by atoms with Crippen molar-refractivity contribution in [2.45, 2.75) is 31.5 Å². The molecule has 8 heteroatoms. The van der Waals surface area contributed by atoms with Gasteiger partial charge in [-0.05, 0) is 48.0 Å². The number of hydrogen-bond donors (Lipinski definition) is 1. The van der Waals surface area contributed by atoms with Gasteiger partial charge in [0.05, 0.1) is 48.8 Å². The Morgan fingerprint density at radius 2 is 1.29 bits per heavy atom. The number of methoxy groups -OCH3 is 6. The number of benzene rings is 3. The first-order valence-electron chi connectivity index (χ1n) is 11.4. The third kappa shape index (κ3) is 2.98. The van der Waals surface area contributed by atoms with Crippen molar-refractivity contribution < 1.29 is 33.5 Å². The molecule has 2 aliphatic rings. The van der Waals surface area contributed by atoms with E-state index in [9.17, 15) is 5.11 Å². The number of aliphatic hydroxyl groups excluding tert-OH is 1. The van der Waals surface area contributed by atoms with Crippen LogP contribution >= 0.6 is 0 Å². The van der Waals surface area contributed by atoms with Crippen LogP contribution in [0.3, 0.4) is 0 Å². The number of aliphatic hydroxyl groups is 1. The van der Waals surface area contributed by atoms with E-state index < -0.39 is 6.10 Å². The van der Waals surface area contributed by atoms with E-state index in [1.165, 1.54) is 0 Å². The number of ether oxygens (including phenoxy) is 6. The van der Waals surface area contributed by atoms with Crippen molar-refractivity contribution in [2.75, 3.05) is 49.2 Å². The molecular formula is C26H31NO7. The first-order chi connectivity index (χ1) is 16.5. The van der Waals surface area contributed by atoms with Gasteiger partial charge in [0.15, 0.2) is 23.0 Å². The molecule has 1 fully saturated rings. The highest BCUT2D eigenvalue weighted by atomic mass is 16.5. The Labute approximate surface area is 198 Å². The van der Waals surface area contributed by atoms with Crippen LogP contribution in [0.25, 0.3) is 21.5 Å². The van der Waals surface area contributed by atoms with Crippen molar-refractivity contribution >= 4 is 21.5 Å². The minimum Gasteiger partial charge on any atom is -0.493 e. The summed E-state index contributed by atoms with van der Waals surface area (Å²) in [6.07, 6.45) is 1.34. The molecule has 8 nitrogen and oxygen atoms in total. The van der Waals surface area contributed by atoms with Crippen LogP contribution in [-0.4, -0.2) is 65.3 Å². The van der Waals surface area contributed by atoms with Crippen LogP contribution in [0.2, 0.25) is 0 Å². The molecule has 1 N–H and O–H groups in total. The summed E-state index contributed by atoms with van der Waals surface area (Å²) in [7, 11) is 9.61. The predicted molar refractivity (Wildman–Crippen MR) is 129 cm³/mol. The minimum atomic E-state index is -0.668. The Kier molecular flexibility index (Phi) is 5.73. The lowest BCUT2D eigenvalue weighted by atomic mass is 9.82. The summed E-state index contributed by atoms with van der Waals surface area (Å²) in [6, 6.07) is 3.95. The Morgan fingerprint density at radius 3 is 1.85 bits per heavy atom. The summed E-state index contributed by atoms with van der Waals surface area (Å²) in [4.78, 5) is 2.35. The van der Waals surface area contributed by atoms with Gasteiger partial charge in [0, 0.05) is 28.7 Å². The second kappa shape index (κ2) is 8.60. The Hall–Kier alpha value is -3.10. The molecule has 2 atom stereocenters.